The van der Waals surface area contributed by atoms with Gasteiger partial charge in [-0.05, 0) is 17.9 Å². The molecule has 0 aromatic heterocycles. The van der Waals surface area contributed by atoms with Crippen molar-refractivity contribution < 1.29 is 9.90 Å². The van der Waals surface area contributed by atoms with Gasteiger partial charge in [0.15, 0.2) is 0 Å². The molecule has 1 saturated heterocycles. The molecule has 104 valence electrons. The lowest BCUT2D eigenvalue weighted by atomic mass is 9.96. The zero-order valence-electron chi connectivity index (χ0n) is 11.3. The molecule has 1 aliphatic heterocycles. The van der Waals surface area contributed by atoms with Crippen LogP contribution in [0.15, 0.2) is 30.3 Å². The Hall–Kier alpha value is -1.39. The van der Waals surface area contributed by atoms with E-state index in [2.05, 4.69) is 0 Å². The summed E-state index contributed by atoms with van der Waals surface area (Å²) in [6.07, 6.45) is 0.701. The number of amides is 1. The Morgan fingerprint density at radius 3 is 2.79 bits per heavy atom. The van der Waals surface area contributed by atoms with Crippen LogP contribution in [0, 0.1) is 5.92 Å². The van der Waals surface area contributed by atoms with Crippen LogP contribution in [0.25, 0.3) is 0 Å². The van der Waals surface area contributed by atoms with Crippen molar-refractivity contribution >= 4 is 5.91 Å². The van der Waals surface area contributed by atoms with E-state index in [0.29, 0.717) is 25.9 Å². The summed E-state index contributed by atoms with van der Waals surface area (Å²) < 4.78 is 0. The highest BCUT2D eigenvalue weighted by atomic mass is 16.3. The second-order valence-electron chi connectivity index (χ2n) is 5.39. The zero-order valence-corrected chi connectivity index (χ0v) is 11.3. The summed E-state index contributed by atoms with van der Waals surface area (Å²) >= 11 is 0. The Bertz CT molecular complexity index is 421. The molecular weight excluding hydrogens is 240 g/mol. The third-order valence-corrected chi connectivity index (χ3v) is 3.83. The number of hydrogen-bond acceptors (Lipinski definition) is 3. The van der Waals surface area contributed by atoms with Crippen LogP contribution in [-0.2, 0) is 4.79 Å². The minimum Gasteiger partial charge on any atom is -0.393 e. The van der Waals surface area contributed by atoms with Crippen molar-refractivity contribution in [2.24, 2.45) is 11.7 Å². The number of nitrogens with two attached hydrogens (primary N) is 1. The number of carbonyl (C=O) groups excluding carboxylic acids is 1. The van der Waals surface area contributed by atoms with Crippen molar-refractivity contribution in [2.75, 3.05) is 13.1 Å². The molecule has 3 unspecified atom stereocenters. The van der Waals surface area contributed by atoms with Crippen LogP contribution in [0.2, 0.25) is 0 Å². The summed E-state index contributed by atoms with van der Waals surface area (Å²) in [4.78, 5) is 14.0. The molecule has 1 amide bonds. The molecule has 4 nitrogen and oxygen atoms in total. The quantitative estimate of drug-likeness (QED) is 0.863. The van der Waals surface area contributed by atoms with Gasteiger partial charge < -0.3 is 15.7 Å². The predicted molar refractivity (Wildman–Crippen MR) is 74.4 cm³/mol. The van der Waals surface area contributed by atoms with Crippen LogP contribution < -0.4 is 5.73 Å². The normalized spacial score (nSPS) is 25.1. The molecule has 4 heteroatoms. The molecule has 2 rings (SSSR count). The lowest BCUT2D eigenvalue weighted by Crippen LogP contribution is -2.45. The summed E-state index contributed by atoms with van der Waals surface area (Å²) in [5.74, 6) is 0.223. The van der Waals surface area contributed by atoms with E-state index in [9.17, 15) is 9.90 Å². The number of benzene rings is 1. The van der Waals surface area contributed by atoms with Gasteiger partial charge in [0, 0.05) is 25.6 Å². The number of piperidine rings is 1. The van der Waals surface area contributed by atoms with Crippen molar-refractivity contribution in [3.8, 4) is 0 Å². The van der Waals surface area contributed by atoms with E-state index in [1.807, 2.05) is 42.2 Å². The molecule has 1 aliphatic rings. The number of rotatable bonds is 3. The molecule has 19 heavy (non-hydrogen) atoms. The number of aliphatic hydroxyl groups excluding tert-OH is 1. The lowest BCUT2D eigenvalue weighted by Gasteiger charge is -2.35. The van der Waals surface area contributed by atoms with E-state index in [-0.39, 0.29) is 24.0 Å². The summed E-state index contributed by atoms with van der Waals surface area (Å²) in [5.41, 5.74) is 7.05. The van der Waals surface area contributed by atoms with Crippen molar-refractivity contribution in [2.45, 2.75) is 31.9 Å². The average Bonchev–Trinajstić information content (AvgIpc) is 2.42. The monoisotopic (exact) mass is 262 g/mol. The molecule has 3 atom stereocenters. The maximum Gasteiger partial charge on any atom is 0.224 e. The second-order valence-corrected chi connectivity index (χ2v) is 5.39. The fourth-order valence-electron chi connectivity index (χ4n) is 2.50. The van der Waals surface area contributed by atoms with Crippen LogP contribution in [0.5, 0.6) is 0 Å². The number of nitrogens with zero attached hydrogens (tertiary/aromatic N) is 1. The Balaban J connectivity index is 1.91. The van der Waals surface area contributed by atoms with Gasteiger partial charge in [-0.2, -0.15) is 0 Å². The van der Waals surface area contributed by atoms with Crippen LogP contribution in [-0.4, -0.2) is 35.1 Å². The molecule has 1 heterocycles. The standard InChI is InChI=1S/C15H22N2O2/c1-11-10-17(8-7-14(11)18)15(19)9-13(16)12-5-3-2-4-6-12/h2-6,11,13-14,18H,7-10,16H2,1H3. The summed E-state index contributed by atoms with van der Waals surface area (Å²) in [7, 11) is 0. The van der Waals surface area contributed by atoms with Crippen molar-refractivity contribution in [1.82, 2.24) is 4.90 Å². The topological polar surface area (TPSA) is 66.6 Å². The molecule has 0 aliphatic carbocycles. The van der Waals surface area contributed by atoms with Gasteiger partial charge >= 0.3 is 0 Å². The lowest BCUT2D eigenvalue weighted by molar-refractivity contribution is -0.135. The van der Waals surface area contributed by atoms with Gasteiger partial charge in [0.2, 0.25) is 5.91 Å². The second kappa shape index (κ2) is 6.17. The van der Waals surface area contributed by atoms with Crippen molar-refractivity contribution in [3.05, 3.63) is 35.9 Å². The van der Waals surface area contributed by atoms with Gasteiger partial charge in [-0.25, -0.2) is 0 Å². The molecule has 1 aromatic carbocycles. The van der Waals surface area contributed by atoms with Crippen LogP contribution in [0.3, 0.4) is 0 Å². The molecule has 0 saturated carbocycles. The van der Waals surface area contributed by atoms with Crippen LogP contribution >= 0.6 is 0 Å². The predicted octanol–water partition coefficient (Wildman–Crippen LogP) is 1.31. The molecular formula is C15H22N2O2. The first-order valence-electron chi connectivity index (χ1n) is 6.84. The number of hydrogen-bond donors (Lipinski definition) is 2. The Labute approximate surface area is 114 Å². The van der Waals surface area contributed by atoms with Gasteiger partial charge in [-0.3, -0.25) is 4.79 Å². The van der Waals surface area contributed by atoms with Crippen molar-refractivity contribution in [1.29, 1.82) is 0 Å². The number of likely N-dealkylation sites (tertiary alicyclic amines) is 1. The summed E-state index contributed by atoms with van der Waals surface area (Å²) in [5, 5.41) is 9.67. The van der Waals surface area contributed by atoms with Gasteiger partial charge in [-0.15, -0.1) is 0 Å². The highest BCUT2D eigenvalue weighted by Crippen LogP contribution is 2.20. The van der Waals surface area contributed by atoms with Crippen LogP contribution in [0.4, 0.5) is 0 Å². The van der Waals surface area contributed by atoms with Crippen molar-refractivity contribution in [3.63, 3.8) is 0 Å². The van der Waals surface area contributed by atoms with E-state index in [1.165, 1.54) is 0 Å². The fourth-order valence-corrected chi connectivity index (χ4v) is 2.50. The smallest absolute Gasteiger partial charge is 0.224 e. The highest BCUT2D eigenvalue weighted by Gasteiger charge is 2.27. The van der Waals surface area contributed by atoms with Gasteiger partial charge in [0.1, 0.15) is 0 Å². The molecule has 1 aromatic rings. The number of aliphatic hydroxyl groups is 1. The Morgan fingerprint density at radius 1 is 1.47 bits per heavy atom. The Morgan fingerprint density at radius 2 is 2.16 bits per heavy atom. The third kappa shape index (κ3) is 3.55. The third-order valence-electron chi connectivity index (χ3n) is 3.83. The Kier molecular flexibility index (Phi) is 4.56. The highest BCUT2D eigenvalue weighted by molar-refractivity contribution is 5.77. The van der Waals surface area contributed by atoms with E-state index >= 15 is 0 Å². The summed E-state index contributed by atoms with van der Waals surface area (Å²) in [6.45, 7) is 3.23. The largest absolute Gasteiger partial charge is 0.393 e. The molecule has 0 spiro atoms. The maximum atomic E-state index is 12.2. The van der Waals surface area contributed by atoms with Gasteiger partial charge in [0.05, 0.1) is 6.10 Å². The fraction of sp³-hybridized carbons (Fsp3) is 0.533. The molecule has 1 fully saturated rings. The first-order chi connectivity index (χ1) is 9.08. The first kappa shape index (κ1) is 14.0. The van der Waals surface area contributed by atoms with E-state index in [1.54, 1.807) is 0 Å². The van der Waals surface area contributed by atoms with E-state index in [0.717, 1.165) is 5.56 Å². The molecule has 3 N–H and O–H groups in total. The minimum absolute atomic E-state index is 0.0788. The SMILES string of the molecule is CC1CN(C(=O)CC(N)c2ccccc2)CCC1O. The average molecular weight is 262 g/mol. The van der Waals surface area contributed by atoms with Crippen LogP contribution in [0.1, 0.15) is 31.4 Å². The first-order valence-corrected chi connectivity index (χ1v) is 6.84. The molecule has 0 bridgehead atoms. The minimum atomic E-state index is -0.285. The van der Waals surface area contributed by atoms with E-state index < -0.39 is 0 Å². The molecule has 0 radical (unpaired) electrons. The van der Waals surface area contributed by atoms with E-state index in [4.69, 9.17) is 5.73 Å². The summed E-state index contributed by atoms with van der Waals surface area (Å²) in [6, 6.07) is 9.43. The zero-order chi connectivity index (χ0) is 13.8. The number of carbonyl (C=O) groups is 1. The maximum absolute atomic E-state index is 12.2. The van der Waals surface area contributed by atoms with Gasteiger partial charge in [0.25, 0.3) is 0 Å². The van der Waals surface area contributed by atoms with Gasteiger partial charge in [-0.1, -0.05) is 37.3 Å².